The molecule has 6 nitrogen and oxygen atoms in total. The molecule has 0 saturated heterocycles. The molecular formula is C12H13BrN4O2S. The second-order valence-electron chi connectivity index (χ2n) is 3.75. The van der Waals surface area contributed by atoms with E-state index in [4.69, 9.17) is 4.74 Å². The average Bonchev–Trinajstić information content (AvgIpc) is 2.90. The number of rotatable bonds is 5. The zero-order chi connectivity index (χ0) is 14.5. The van der Waals surface area contributed by atoms with Crippen LogP contribution in [0.4, 0.5) is 10.8 Å². The largest absolute Gasteiger partial charge is 0.495 e. The Kier molecular flexibility index (Phi) is 4.91. The Morgan fingerprint density at radius 1 is 1.45 bits per heavy atom. The third-order valence-corrected chi connectivity index (χ3v) is 3.89. The van der Waals surface area contributed by atoms with Gasteiger partial charge in [0.05, 0.1) is 11.6 Å². The van der Waals surface area contributed by atoms with Crippen molar-refractivity contribution in [2.45, 2.75) is 6.92 Å². The fourth-order valence-electron chi connectivity index (χ4n) is 1.46. The summed E-state index contributed by atoms with van der Waals surface area (Å²) >= 11 is 4.57. The average molecular weight is 357 g/mol. The topological polar surface area (TPSA) is 76.1 Å². The molecular weight excluding hydrogens is 344 g/mol. The summed E-state index contributed by atoms with van der Waals surface area (Å²) in [5.41, 5.74) is 0.634. The number of carbonyl (C=O) groups is 1. The molecule has 0 aliphatic heterocycles. The molecule has 1 aromatic carbocycles. The van der Waals surface area contributed by atoms with Gasteiger partial charge < -0.3 is 15.4 Å². The molecule has 1 aromatic heterocycles. The van der Waals surface area contributed by atoms with Gasteiger partial charge in [0.25, 0.3) is 5.91 Å². The quantitative estimate of drug-likeness (QED) is 0.860. The van der Waals surface area contributed by atoms with Crippen molar-refractivity contribution in [2.24, 2.45) is 0 Å². The van der Waals surface area contributed by atoms with Gasteiger partial charge in [-0.05, 0) is 35.0 Å². The smallest absolute Gasteiger partial charge is 0.286 e. The van der Waals surface area contributed by atoms with Gasteiger partial charge in [0.2, 0.25) is 10.1 Å². The van der Waals surface area contributed by atoms with Crippen LogP contribution in [0.25, 0.3) is 0 Å². The Balaban J connectivity index is 2.10. The second kappa shape index (κ2) is 6.67. The van der Waals surface area contributed by atoms with Crippen molar-refractivity contribution in [1.29, 1.82) is 0 Å². The van der Waals surface area contributed by atoms with E-state index in [1.54, 1.807) is 25.3 Å². The van der Waals surface area contributed by atoms with Crippen LogP contribution in [-0.2, 0) is 0 Å². The van der Waals surface area contributed by atoms with Gasteiger partial charge >= 0.3 is 0 Å². The molecule has 2 N–H and O–H groups in total. The maximum atomic E-state index is 12.0. The number of ether oxygens (including phenoxy) is 1. The van der Waals surface area contributed by atoms with Crippen molar-refractivity contribution in [3.05, 3.63) is 27.7 Å². The summed E-state index contributed by atoms with van der Waals surface area (Å²) in [5.74, 6) is 0.351. The molecule has 1 heterocycles. The molecule has 0 fully saturated rings. The minimum atomic E-state index is -0.295. The highest BCUT2D eigenvalue weighted by molar-refractivity contribution is 9.10. The third kappa shape index (κ3) is 3.45. The van der Waals surface area contributed by atoms with Gasteiger partial charge in [-0.15, -0.1) is 10.2 Å². The van der Waals surface area contributed by atoms with E-state index in [-0.39, 0.29) is 5.91 Å². The number of nitrogens with zero attached hydrogens (tertiary/aromatic N) is 2. The molecule has 0 spiro atoms. The van der Waals surface area contributed by atoms with E-state index in [9.17, 15) is 4.79 Å². The molecule has 0 aliphatic rings. The molecule has 0 bridgehead atoms. The molecule has 8 heteroatoms. The molecule has 0 radical (unpaired) electrons. The van der Waals surface area contributed by atoms with E-state index in [0.717, 1.165) is 11.0 Å². The SMILES string of the molecule is CCNc1nnc(C(=O)Nc2ccc(Br)c(OC)c2)s1. The Hall–Kier alpha value is -1.67. The number of benzene rings is 1. The van der Waals surface area contributed by atoms with Crippen LogP contribution in [0.3, 0.4) is 0 Å². The first-order chi connectivity index (χ1) is 9.63. The number of hydrogen-bond donors (Lipinski definition) is 2. The highest BCUT2D eigenvalue weighted by Gasteiger charge is 2.13. The standard InChI is InChI=1S/C12H13BrN4O2S/c1-3-14-12-17-16-11(20-12)10(18)15-7-4-5-8(13)9(6-7)19-2/h4-6H,3H2,1-2H3,(H,14,17)(H,15,18). The van der Waals surface area contributed by atoms with Crippen LogP contribution in [0.1, 0.15) is 16.7 Å². The Bertz CT molecular complexity index is 617. The number of carbonyl (C=O) groups excluding carboxylic acids is 1. The van der Waals surface area contributed by atoms with E-state index in [1.165, 1.54) is 11.3 Å². The van der Waals surface area contributed by atoms with Crippen LogP contribution in [0.5, 0.6) is 5.75 Å². The van der Waals surface area contributed by atoms with Crippen molar-refractivity contribution >= 4 is 44.0 Å². The lowest BCUT2D eigenvalue weighted by Gasteiger charge is -2.07. The Morgan fingerprint density at radius 2 is 2.25 bits per heavy atom. The summed E-state index contributed by atoms with van der Waals surface area (Å²) in [6, 6.07) is 5.31. The molecule has 2 aromatic rings. The molecule has 0 aliphatic carbocycles. The first-order valence-corrected chi connectivity index (χ1v) is 7.47. The van der Waals surface area contributed by atoms with Crippen molar-refractivity contribution in [2.75, 3.05) is 24.3 Å². The monoisotopic (exact) mass is 356 g/mol. The van der Waals surface area contributed by atoms with Crippen LogP contribution in [0, 0.1) is 0 Å². The number of amides is 1. The first-order valence-electron chi connectivity index (χ1n) is 5.86. The predicted molar refractivity (Wildman–Crippen MR) is 82.7 cm³/mol. The van der Waals surface area contributed by atoms with Crippen molar-refractivity contribution < 1.29 is 9.53 Å². The summed E-state index contributed by atoms with van der Waals surface area (Å²) < 4.78 is 6.00. The molecule has 2 rings (SSSR count). The predicted octanol–water partition coefficient (Wildman–Crippen LogP) is 2.99. The van der Waals surface area contributed by atoms with Gasteiger partial charge in [-0.25, -0.2) is 0 Å². The fourth-order valence-corrected chi connectivity index (χ4v) is 2.57. The minimum Gasteiger partial charge on any atom is -0.495 e. The molecule has 0 saturated carbocycles. The van der Waals surface area contributed by atoms with Crippen LogP contribution >= 0.6 is 27.3 Å². The van der Waals surface area contributed by atoms with Gasteiger partial charge in [-0.2, -0.15) is 0 Å². The lowest BCUT2D eigenvalue weighted by atomic mass is 10.3. The third-order valence-electron chi connectivity index (χ3n) is 2.36. The highest BCUT2D eigenvalue weighted by Crippen LogP contribution is 2.28. The van der Waals surface area contributed by atoms with Crippen LogP contribution in [0.2, 0.25) is 0 Å². The van der Waals surface area contributed by atoms with Crippen LogP contribution in [-0.4, -0.2) is 29.8 Å². The van der Waals surface area contributed by atoms with E-state index < -0.39 is 0 Å². The zero-order valence-electron chi connectivity index (χ0n) is 10.9. The molecule has 1 amide bonds. The summed E-state index contributed by atoms with van der Waals surface area (Å²) in [6.45, 7) is 2.69. The molecule has 0 unspecified atom stereocenters. The van der Waals surface area contributed by atoms with Crippen LogP contribution in [0.15, 0.2) is 22.7 Å². The van der Waals surface area contributed by atoms with E-state index >= 15 is 0 Å². The van der Waals surface area contributed by atoms with Crippen LogP contribution < -0.4 is 15.4 Å². The van der Waals surface area contributed by atoms with Crippen molar-refractivity contribution in [3.8, 4) is 5.75 Å². The van der Waals surface area contributed by atoms with E-state index in [2.05, 4.69) is 36.8 Å². The highest BCUT2D eigenvalue weighted by atomic mass is 79.9. The van der Waals surface area contributed by atoms with Crippen molar-refractivity contribution in [3.63, 3.8) is 0 Å². The van der Waals surface area contributed by atoms with E-state index in [1.807, 2.05) is 6.92 Å². The van der Waals surface area contributed by atoms with Gasteiger partial charge in [0.1, 0.15) is 5.75 Å². The fraction of sp³-hybridized carbons (Fsp3) is 0.250. The second-order valence-corrected chi connectivity index (χ2v) is 5.58. The van der Waals surface area contributed by atoms with Gasteiger partial charge in [-0.3, -0.25) is 4.79 Å². The number of halogens is 1. The number of anilines is 2. The lowest BCUT2D eigenvalue weighted by molar-refractivity contribution is 0.102. The van der Waals surface area contributed by atoms with Gasteiger partial charge in [0.15, 0.2) is 0 Å². The van der Waals surface area contributed by atoms with Gasteiger partial charge in [0, 0.05) is 18.3 Å². The summed E-state index contributed by atoms with van der Waals surface area (Å²) in [4.78, 5) is 12.0. The minimum absolute atomic E-state index is 0.295. The molecule has 106 valence electrons. The Morgan fingerprint density at radius 3 is 2.95 bits per heavy atom. The first kappa shape index (κ1) is 14.7. The Labute approximate surface area is 128 Å². The number of aromatic nitrogens is 2. The maximum absolute atomic E-state index is 12.0. The normalized spacial score (nSPS) is 10.2. The molecule has 20 heavy (non-hydrogen) atoms. The summed E-state index contributed by atoms with van der Waals surface area (Å²) in [7, 11) is 1.57. The number of hydrogen-bond acceptors (Lipinski definition) is 6. The lowest BCUT2D eigenvalue weighted by Crippen LogP contribution is -2.11. The summed E-state index contributed by atoms with van der Waals surface area (Å²) in [6.07, 6.45) is 0. The zero-order valence-corrected chi connectivity index (χ0v) is 13.3. The molecule has 0 atom stereocenters. The maximum Gasteiger partial charge on any atom is 0.286 e. The van der Waals surface area contributed by atoms with Crippen molar-refractivity contribution in [1.82, 2.24) is 10.2 Å². The van der Waals surface area contributed by atoms with E-state index in [0.29, 0.717) is 21.6 Å². The van der Waals surface area contributed by atoms with Gasteiger partial charge in [-0.1, -0.05) is 11.3 Å². The summed E-state index contributed by atoms with van der Waals surface area (Å²) in [5, 5.41) is 14.4. The number of methoxy groups -OCH3 is 1. The number of nitrogens with one attached hydrogen (secondary N) is 2.